The third-order valence-corrected chi connectivity index (χ3v) is 5.20. The Morgan fingerprint density at radius 1 is 0.264 bits per heavy atom. The SMILES string of the molecule is CC.CC.CC.CC.CC.CC(C)c1ccccc1.CC(C)c1ccccc1.CO.CO.Oc1ccccc1.Oc1ccccc1.Oc1ccccc1. The average molecular weight is 737 g/mol. The molecule has 53 heavy (non-hydrogen) atoms. The predicted molar refractivity (Wildman–Crippen MR) is 238 cm³/mol. The highest BCUT2D eigenvalue weighted by atomic mass is 16.3. The molecule has 5 aromatic carbocycles. The number of aromatic hydroxyl groups is 3. The van der Waals surface area contributed by atoms with E-state index in [1.54, 1.807) is 72.8 Å². The van der Waals surface area contributed by atoms with Gasteiger partial charge in [0, 0.05) is 14.2 Å². The fraction of sp³-hybridized carbons (Fsp3) is 0.375. The predicted octanol–water partition coefficient (Wildman–Crippen LogP) is 14.1. The number of rotatable bonds is 2. The van der Waals surface area contributed by atoms with Gasteiger partial charge in [0.1, 0.15) is 17.2 Å². The van der Waals surface area contributed by atoms with E-state index in [1.807, 2.05) is 99.6 Å². The topological polar surface area (TPSA) is 101 Å². The first kappa shape index (κ1) is 63.5. The molecular formula is C48H80O5. The van der Waals surface area contributed by atoms with E-state index < -0.39 is 0 Å². The second-order valence-corrected chi connectivity index (χ2v) is 9.14. The van der Waals surface area contributed by atoms with E-state index in [-0.39, 0.29) is 0 Å². The minimum Gasteiger partial charge on any atom is -0.508 e. The van der Waals surface area contributed by atoms with Crippen molar-refractivity contribution in [3.8, 4) is 17.2 Å². The minimum atomic E-state index is 0.322. The molecule has 0 aliphatic carbocycles. The van der Waals surface area contributed by atoms with Crippen LogP contribution in [0, 0.1) is 0 Å². The average Bonchev–Trinajstić information content (AvgIpc) is 3.25. The molecule has 0 heterocycles. The second kappa shape index (κ2) is 59.6. The van der Waals surface area contributed by atoms with Gasteiger partial charge in [0.05, 0.1) is 0 Å². The Hall–Kier alpha value is -4.58. The van der Waals surface area contributed by atoms with E-state index >= 15 is 0 Å². The van der Waals surface area contributed by atoms with Crippen LogP contribution < -0.4 is 0 Å². The van der Waals surface area contributed by atoms with Crippen LogP contribution >= 0.6 is 0 Å². The lowest BCUT2D eigenvalue weighted by Gasteiger charge is -2.01. The molecule has 0 unspecified atom stereocenters. The quantitative estimate of drug-likeness (QED) is 0.124. The van der Waals surface area contributed by atoms with Crippen molar-refractivity contribution in [2.45, 2.75) is 109 Å². The summed E-state index contributed by atoms with van der Waals surface area (Å²) >= 11 is 0. The molecule has 0 bridgehead atoms. The zero-order valence-corrected chi connectivity index (χ0v) is 36.3. The van der Waals surface area contributed by atoms with E-state index in [0.29, 0.717) is 29.1 Å². The maximum absolute atomic E-state index is 8.63. The Labute approximate surface area is 327 Å². The number of phenolic OH excluding ortho intramolecular Hbond substituents is 3. The number of aliphatic hydroxyl groups excluding tert-OH is 2. The molecule has 0 fully saturated rings. The second-order valence-electron chi connectivity index (χ2n) is 9.14. The van der Waals surface area contributed by atoms with Crippen molar-refractivity contribution in [2.24, 2.45) is 0 Å². The van der Waals surface area contributed by atoms with Gasteiger partial charge in [0.2, 0.25) is 0 Å². The highest BCUT2D eigenvalue weighted by molar-refractivity contribution is 5.20. The molecule has 0 spiro atoms. The Kier molecular flexibility index (Phi) is 71.3. The molecule has 0 radical (unpaired) electrons. The maximum Gasteiger partial charge on any atom is 0.115 e. The van der Waals surface area contributed by atoms with Crippen LogP contribution in [0.1, 0.15) is 120 Å². The molecular weight excluding hydrogens is 657 g/mol. The standard InChI is InChI=1S/2C9H12.3C6H6O.5C2H6.2CH4O/c2*1-8(2)9-6-4-3-5-7-9;3*7-6-4-2-1-3-5-6;7*1-2/h2*3-8H,1-2H3;3*1-5,7H;5*1-2H3;2*2H,1H3. The van der Waals surface area contributed by atoms with Crippen LogP contribution in [0.3, 0.4) is 0 Å². The summed E-state index contributed by atoms with van der Waals surface area (Å²) in [5.74, 6) is 2.28. The molecule has 5 nitrogen and oxygen atoms in total. The summed E-state index contributed by atoms with van der Waals surface area (Å²) in [5.41, 5.74) is 2.83. The molecule has 0 amide bonds. The molecule has 0 atom stereocenters. The van der Waals surface area contributed by atoms with Gasteiger partial charge in [0.15, 0.2) is 0 Å². The van der Waals surface area contributed by atoms with Crippen molar-refractivity contribution < 1.29 is 25.5 Å². The molecule has 0 saturated heterocycles. The van der Waals surface area contributed by atoms with Crippen LogP contribution in [-0.4, -0.2) is 39.8 Å². The van der Waals surface area contributed by atoms with Gasteiger partial charge in [-0.15, -0.1) is 0 Å². The molecule has 5 rings (SSSR count). The third-order valence-electron chi connectivity index (χ3n) is 5.20. The molecule has 0 saturated carbocycles. The highest BCUT2D eigenvalue weighted by Gasteiger charge is 1.94. The lowest BCUT2D eigenvalue weighted by molar-refractivity contribution is 0.399. The van der Waals surface area contributed by atoms with Crippen molar-refractivity contribution >= 4 is 0 Å². The van der Waals surface area contributed by atoms with E-state index in [9.17, 15) is 0 Å². The Morgan fingerprint density at radius 3 is 0.472 bits per heavy atom. The lowest BCUT2D eigenvalue weighted by atomic mass is 10.0. The molecule has 5 N–H and O–H groups in total. The summed E-state index contributed by atoms with van der Waals surface area (Å²) < 4.78 is 0. The summed E-state index contributed by atoms with van der Waals surface area (Å²) in [6.45, 7) is 28.8. The van der Waals surface area contributed by atoms with E-state index in [4.69, 9.17) is 25.5 Å². The molecule has 5 heteroatoms. The Morgan fingerprint density at radius 2 is 0.396 bits per heavy atom. The Bertz CT molecular complexity index is 1070. The van der Waals surface area contributed by atoms with E-state index in [2.05, 4.69) is 76.2 Å². The zero-order valence-electron chi connectivity index (χ0n) is 36.3. The molecule has 0 aliphatic rings. The number of phenols is 3. The minimum absolute atomic E-state index is 0.322. The van der Waals surface area contributed by atoms with Gasteiger partial charge in [-0.3, -0.25) is 0 Å². The van der Waals surface area contributed by atoms with Crippen LogP contribution in [0.15, 0.2) is 152 Å². The number of hydrogen-bond acceptors (Lipinski definition) is 5. The normalized spacial score (nSPS) is 7.62. The highest BCUT2D eigenvalue weighted by Crippen LogP contribution is 2.12. The summed E-state index contributed by atoms with van der Waals surface area (Å²) in [7, 11) is 2.00. The fourth-order valence-corrected chi connectivity index (χ4v) is 2.96. The summed E-state index contributed by atoms with van der Waals surface area (Å²) in [4.78, 5) is 0. The maximum atomic E-state index is 8.63. The molecule has 302 valence electrons. The van der Waals surface area contributed by atoms with Crippen LogP contribution in [0.4, 0.5) is 0 Å². The summed E-state index contributed by atoms with van der Waals surface area (Å²) in [5, 5.41) is 39.9. The monoisotopic (exact) mass is 737 g/mol. The van der Waals surface area contributed by atoms with Gasteiger partial charge in [-0.25, -0.2) is 0 Å². The lowest BCUT2D eigenvalue weighted by Crippen LogP contribution is -1.83. The van der Waals surface area contributed by atoms with Crippen LogP contribution in [0.25, 0.3) is 0 Å². The summed E-state index contributed by atoms with van der Waals surface area (Å²) in [6, 6.07) is 47.2. The number of hydrogen-bond donors (Lipinski definition) is 5. The molecule has 0 aromatic heterocycles. The van der Waals surface area contributed by atoms with Crippen molar-refractivity contribution in [1.29, 1.82) is 0 Å². The van der Waals surface area contributed by atoms with E-state index in [1.165, 1.54) is 11.1 Å². The van der Waals surface area contributed by atoms with Crippen molar-refractivity contribution in [3.63, 3.8) is 0 Å². The first-order chi connectivity index (χ1) is 25.8. The van der Waals surface area contributed by atoms with Gasteiger partial charge in [-0.05, 0) is 59.4 Å². The van der Waals surface area contributed by atoms with Crippen LogP contribution in [0.2, 0.25) is 0 Å². The number of benzene rings is 5. The van der Waals surface area contributed by atoms with Crippen molar-refractivity contribution in [2.75, 3.05) is 14.2 Å². The van der Waals surface area contributed by atoms with Crippen LogP contribution in [-0.2, 0) is 0 Å². The van der Waals surface area contributed by atoms with E-state index in [0.717, 1.165) is 14.2 Å². The molecule has 5 aromatic rings. The smallest absolute Gasteiger partial charge is 0.115 e. The van der Waals surface area contributed by atoms with Crippen molar-refractivity contribution in [3.05, 3.63) is 163 Å². The van der Waals surface area contributed by atoms with Gasteiger partial charge >= 0.3 is 0 Å². The number of aliphatic hydroxyl groups is 2. The zero-order chi connectivity index (χ0) is 42.7. The van der Waals surface area contributed by atoms with Crippen molar-refractivity contribution in [1.82, 2.24) is 0 Å². The first-order valence-electron chi connectivity index (χ1n) is 19.0. The van der Waals surface area contributed by atoms with Gasteiger partial charge < -0.3 is 25.5 Å². The van der Waals surface area contributed by atoms with Gasteiger partial charge in [0.25, 0.3) is 0 Å². The fourth-order valence-electron chi connectivity index (χ4n) is 2.96. The van der Waals surface area contributed by atoms with Crippen LogP contribution in [0.5, 0.6) is 17.2 Å². The van der Waals surface area contributed by atoms with Gasteiger partial charge in [-0.2, -0.15) is 0 Å². The molecule has 0 aliphatic heterocycles. The van der Waals surface area contributed by atoms with Gasteiger partial charge in [-0.1, -0.05) is 212 Å². The summed E-state index contributed by atoms with van der Waals surface area (Å²) in [6.07, 6.45) is 0. The first-order valence-corrected chi connectivity index (χ1v) is 19.0. The number of para-hydroxylation sites is 3. The third kappa shape index (κ3) is 51.9. The Balaban J connectivity index is -0.0000000923. The largest absolute Gasteiger partial charge is 0.508 e.